The average Bonchev–Trinajstić information content (AvgIpc) is 2.42. The first-order chi connectivity index (χ1) is 9.40. The van der Waals surface area contributed by atoms with E-state index in [2.05, 4.69) is 16.1 Å². The lowest BCUT2D eigenvalue weighted by Gasteiger charge is -2.11. The van der Waals surface area contributed by atoms with Crippen molar-refractivity contribution < 1.29 is 0 Å². The summed E-state index contributed by atoms with van der Waals surface area (Å²) in [5, 5.41) is 0. The first-order valence-corrected chi connectivity index (χ1v) is 6.42. The molecule has 6 heteroatoms. The van der Waals surface area contributed by atoms with Crippen molar-refractivity contribution in [2.75, 3.05) is 28.2 Å². The Kier molecular flexibility index (Phi) is 5.83. The van der Waals surface area contributed by atoms with Crippen LogP contribution in [0.1, 0.15) is 11.1 Å². The Labute approximate surface area is 120 Å². The maximum Gasteiger partial charge on any atom is 0.191 e. The molecule has 0 saturated carbocycles. The van der Waals surface area contributed by atoms with E-state index in [4.69, 9.17) is 11.5 Å². The van der Waals surface area contributed by atoms with E-state index in [0.29, 0.717) is 25.0 Å². The SMILES string of the molecule is CN(C)C(N)=NCc1cccc(CN=C(N)N(C)C)c1. The molecule has 0 atom stereocenters. The van der Waals surface area contributed by atoms with Crippen LogP contribution in [0, 0.1) is 0 Å². The van der Waals surface area contributed by atoms with Crippen LogP contribution in [0.3, 0.4) is 0 Å². The maximum absolute atomic E-state index is 5.77. The molecule has 0 aliphatic rings. The van der Waals surface area contributed by atoms with E-state index >= 15 is 0 Å². The second-order valence-electron chi connectivity index (χ2n) is 4.96. The van der Waals surface area contributed by atoms with Gasteiger partial charge in [0.05, 0.1) is 13.1 Å². The fraction of sp³-hybridized carbons (Fsp3) is 0.429. The molecule has 20 heavy (non-hydrogen) atoms. The maximum atomic E-state index is 5.77. The van der Waals surface area contributed by atoms with Gasteiger partial charge in [-0.15, -0.1) is 0 Å². The predicted octanol–water partition coefficient (Wildman–Crippen LogP) is 0.439. The molecule has 1 aromatic rings. The lowest BCUT2D eigenvalue weighted by molar-refractivity contribution is 0.608. The fourth-order valence-corrected chi connectivity index (χ4v) is 1.45. The quantitative estimate of drug-likeness (QED) is 0.617. The Hall–Kier alpha value is -2.24. The highest BCUT2D eigenvalue weighted by atomic mass is 15.2. The number of rotatable bonds is 4. The van der Waals surface area contributed by atoms with Crippen LogP contribution in [-0.4, -0.2) is 49.9 Å². The van der Waals surface area contributed by atoms with Crippen molar-refractivity contribution in [2.24, 2.45) is 21.5 Å². The van der Waals surface area contributed by atoms with Crippen molar-refractivity contribution in [3.8, 4) is 0 Å². The summed E-state index contributed by atoms with van der Waals surface area (Å²) in [5.74, 6) is 1.04. The molecule has 0 amide bonds. The van der Waals surface area contributed by atoms with Crippen LogP contribution >= 0.6 is 0 Å². The van der Waals surface area contributed by atoms with Crippen LogP contribution in [0.2, 0.25) is 0 Å². The first kappa shape index (κ1) is 15.8. The molecule has 4 N–H and O–H groups in total. The molecule has 0 bridgehead atoms. The Morgan fingerprint density at radius 2 is 1.30 bits per heavy atom. The summed E-state index contributed by atoms with van der Waals surface area (Å²) in [5.41, 5.74) is 13.7. The molecular weight excluding hydrogens is 252 g/mol. The molecule has 0 aliphatic carbocycles. The van der Waals surface area contributed by atoms with Crippen molar-refractivity contribution >= 4 is 11.9 Å². The molecule has 0 spiro atoms. The summed E-state index contributed by atoms with van der Waals surface area (Å²) < 4.78 is 0. The average molecular weight is 276 g/mol. The standard InChI is InChI=1S/C14H24N6/c1-19(2)13(15)17-9-11-6-5-7-12(8-11)10-18-14(16)20(3)4/h5-8H,9-10H2,1-4H3,(H2,15,17)(H2,16,18). The van der Waals surface area contributed by atoms with Gasteiger partial charge < -0.3 is 21.3 Å². The molecule has 0 unspecified atom stereocenters. The van der Waals surface area contributed by atoms with Crippen molar-refractivity contribution in [1.29, 1.82) is 0 Å². The van der Waals surface area contributed by atoms with E-state index in [1.165, 1.54) is 0 Å². The van der Waals surface area contributed by atoms with Gasteiger partial charge in [-0.3, -0.25) is 0 Å². The Bertz CT molecular complexity index is 449. The molecule has 0 saturated heterocycles. The van der Waals surface area contributed by atoms with E-state index in [9.17, 15) is 0 Å². The van der Waals surface area contributed by atoms with Gasteiger partial charge in [0.2, 0.25) is 0 Å². The number of hydrogen-bond donors (Lipinski definition) is 2. The largest absolute Gasteiger partial charge is 0.370 e. The lowest BCUT2D eigenvalue weighted by Crippen LogP contribution is -2.30. The first-order valence-electron chi connectivity index (χ1n) is 6.42. The van der Waals surface area contributed by atoms with Gasteiger partial charge in [0.25, 0.3) is 0 Å². The van der Waals surface area contributed by atoms with E-state index < -0.39 is 0 Å². The molecule has 0 fully saturated rings. The minimum Gasteiger partial charge on any atom is -0.370 e. The topological polar surface area (TPSA) is 83.2 Å². The fourth-order valence-electron chi connectivity index (χ4n) is 1.45. The third-order valence-electron chi connectivity index (χ3n) is 2.76. The molecule has 0 heterocycles. The summed E-state index contributed by atoms with van der Waals surface area (Å²) in [6.07, 6.45) is 0. The summed E-state index contributed by atoms with van der Waals surface area (Å²) in [7, 11) is 7.48. The van der Waals surface area contributed by atoms with Gasteiger partial charge in [-0.05, 0) is 11.1 Å². The highest BCUT2D eigenvalue weighted by Crippen LogP contribution is 2.08. The van der Waals surface area contributed by atoms with E-state index in [-0.39, 0.29) is 0 Å². The molecule has 1 aromatic carbocycles. The molecule has 1 rings (SSSR count). The van der Waals surface area contributed by atoms with Gasteiger partial charge in [-0.25, -0.2) is 9.98 Å². The molecule has 0 aromatic heterocycles. The van der Waals surface area contributed by atoms with Crippen LogP contribution in [0.5, 0.6) is 0 Å². The normalized spacial score (nSPS) is 12.4. The molecule has 6 nitrogen and oxygen atoms in total. The second kappa shape index (κ2) is 7.37. The van der Waals surface area contributed by atoms with Gasteiger partial charge in [0.1, 0.15) is 0 Å². The minimum atomic E-state index is 0.519. The highest BCUT2D eigenvalue weighted by Gasteiger charge is 1.99. The smallest absolute Gasteiger partial charge is 0.191 e. The second-order valence-corrected chi connectivity index (χ2v) is 4.96. The van der Waals surface area contributed by atoms with E-state index in [1.807, 2.05) is 46.4 Å². The summed E-state index contributed by atoms with van der Waals surface area (Å²) >= 11 is 0. The highest BCUT2D eigenvalue weighted by molar-refractivity contribution is 5.77. The van der Waals surface area contributed by atoms with Crippen LogP contribution in [0.25, 0.3) is 0 Å². The Balaban J connectivity index is 2.72. The molecule has 0 radical (unpaired) electrons. The molecular formula is C14H24N6. The molecule has 110 valence electrons. The minimum absolute atomic E-state index is 0.519. The number of hydrogen-bond acceptors (Lipinski definition) is 2. The van der Waals surface area contributed by atoms with E-state index in [1.54, 1.807) is 9.80 Å². The Morgan fingerprint density at radius 3 is 1.65 bits per heavy atom. The zero-order chi connectivity index (χ0) is 15.1. The van der Waals surface area contributed by atoms with Gasteiger partial charge in [-0.2, -0.15) is 0 Å². The summed E-state index contributed by atoms with van der Waals surface area (Å²) in [6, 6.07) is 8.11. The number of nitrogens with zero attached hydrogens (tertiary/aromatic N) is 4. The number of guanidine groups is 2. The van der Waals surface area contributed by atoms with E-state index in [0.717, 1.165) is 11.1 Å². The predicted molar refractivity (Wildman–Crippen MR) is 84.5 cm³/mol. The van der Waals surface area contributed by atoms with Crippen molar-refractivity contribution in [1.82, 2.24) is 9.80 Å². The monoisotopic (exact) mass is 276 g/mol. The van der Waals surface area contributed by atoms with Crippen molar-refractivity contribution in [3.05, 3.63) is 35.4 Å². The van der Waals surface area contributed by atoms with Crippen LogP contribution in [-0.2, 0) is 13.1 Å². The van der Waals surface area contributed by atoms with Crippen molar-refractivity contribution in [3.63, 3.8) is 0 Å². The van der Waals surface area contributed by atoms with Gasteiger partial charge in [0, 0.05) is 28.2 Å². The van der Waals surface area contributed by atoms with Gasteiger partial charge in [0.15, 0.2) is 11.9 Å². The van der Waals surface area contributed by atoms with Crippen LogP contribution in [0.15, 0.2) is 34.3 Å². The van der Waals surface area contributed by atoms with Crippen molar-refractivity contribution in [2.45, 2.75) is 13.1 Å². The number of benzene rings is 1. The number of nitrogens with two attached hydrogens (primary N) is 2. The third kappa shape index (κ3) is 5.17. The lowest BCUT2D eigenvalue weighted by atomic mass is 10.1. The molecule has 0 aliphatic heterocycles. The van der Waals surface area contributed by atoms with Gasteiger partial charge >= 0.3 is 0 Å². The Morgan fingerprint density at radius 1 is 0.900 bits per heavy atom. The zero-order valence-corrected chi connectivity index (χ0v) is 12.7. The third-order valence-corrected chi connectivity index (χ3v) is 2.76. The summed E-state index contributed by atoms with van der Waals surface area (Å²) in [6.45, 7) is 1.12. The van der Waals surface area contributed by atoms with Crippen LogP contribution < -0.4 is 11.5 Å². The summed E-state index contributed by atoms with van der Waals surface area (Å²) in [4.78, 5) is 12.2. The van der Waals surface area contributed by atoms with Crippen LogP contribution in [0.4, 0.5) is 0 Å². The number of aliphatic imine (C=N–C) groups is 2. The zero-order valence-electron chi connectivity index (χ0n) is 12.7. The van der Waals surface area contributed by atoms with Gasteiger partial charge in [-0.1, -0.05) is 24.3 Å².